The lowest BCUT2D eigenvalue weighted by Gasteiger charge is -2.18. The Labute approximate surface area is 127 Å². The third kappa shape index (κ3) is 3.64. The molecule has 0 saturated carbocycles. The Morgan fingerprint density at radius 1 is 1.55 bits per heavy atom. The summed E-state index contributed by atoms with van der Waals surface area (Å²) in [4.78, 5) is 13.9. The van der Waals surface area contributed by atoms with Crippen molar-refractivity contribution in [2.45, 2.75) is 19.4 Å². The highest BCUT2D eigenvalue weighted by molar-refractivity contribution is 9.10. The molecule has 1 aromatic carbocycles. The van der Waals surface area contributed by atoms with Gasteiger partial charge in [0, 0.05) is 35.2 Å². The fraction of sp³-hybridized carbons (Fsp3) is 0.500. The molecule has 1 heterocycles. The number of anilines is 1. The van der Waals surface area contributed by atoms with Crippen LogP contribution in [0.5, 0.6) is 5.75 Å². The molecule has 0 spiro atoms. The first-order valence-corrected chi connectivity index (χ1v) is 7.37. The predicted molar refractivity (Wildman–Crippen MR) is 81.1 cm³/mol. The van der Waals surface area contributed by atoms with Crippen LogP contribution in [0.1, 0.15) is 13.3 Å². The van der Waals surface area contributed by atoms with Crippen molar-refractivity contribution in [1.29, 1.82) is 0 Å². The number of urea groups is 1. The molecule has 0 radical (unpaired) electrons. The van der Waals surface area contributed by atoms with Gasteiger partial charge in [0.05, 0.1) is 13.2 Å². The van der Waals surface area contributed by atoms with Crippen molar-refractivity contribution >= 4 is 27.6 Å². The minimum Gasteiger partial charge on any atom is -0.497 e. The molecule has 1 fully saturated rings. The molecular formula is C14H19BrN2O3. The first kappa shape index (κ1) is 15.1. The van der Waals surface area contributed by atoms with Crippen LogP contribution in [0.2, 0.25) is 0 Å². The number of halogens is 1. The number of aliphatic hydroxyl groups is 1. The SMILES string of the molecule is COc1cc(Br)cc(NC(=O)N2CC[C@H]([C@H](C)O)C2)c1. The van der Waals surface area contributed by atoms with E-state index in [1.54, 1.807) is 25.0 Å². The molecule has 20 heavy (non-hydrogen) atoms. The second kappa shape index (κ2) is 6.45. The first-order chi connectivity index (χ1) is 9.49. The number of carbonyl (C=O) groups is 1. The number of methoxy groups -OCH3 is 1. The number of carbonyl (C=O) groups excluding carboxylic acids is 1. The van der Waals surface area contributed by atoms with E-state index in [9.17, 15) is 9.90 Å². The van der Waals surface area contributed by atoms with Crippen LogP contribution >= 0.6 is 15.9 Å². The highest BCUT2D eigenvalue weighted by atomic mass is 79.9. The van der Waals surface area contributed by atoms with Crippen molar-refractivity contribution in [3.05, 3.63) is 22.7 Å². The van der Waals surface area contributed by atoms with Gasteiger partial charge in [0.1, 0.15) is 5.75 Å². The zero-order chi connectivity index (χ0) is 14.7. The van der Waals surface area contributed by atoms with Crippen LogP contribution in [0.15, 0.2) is 22.7 Å². The molecule has 2 atom stereocenters. The topological polar surface area (TPSA) is 61.8 Å². The van der Waals surface area contributed by atoms with Gasteiger partial charge >= 0.3 is 6.03 Å². The van der Waals surface area contributed by atoms with Gasteiger partial charge in [0.25, 0.3) is 0 Å². The van der Waals surface area contributed by atoms with Gasteiger partial charge in [-0.05, 0) is 25.5 Å². The summed E-state index contributed by atoms with van der Waals surface area (Å²) >= 11 is 3.38. The molecule has 0 aromatic heterocycles. The van der Waals surface area contributed by atoms with E-state index in [0.29, 0.717) is 24.5 Å². The summed E-state index contributed by atoms with van der Waals surface area (Å²) in [5.74, 6) is 0.843. The van der Waals surface area contributed by atoms with Crippen molar-refractivity contribution in [3.63, 3.8) is 0 Å². The van der Waals surface area contributed by atoms with Crippen molar-refractivity contribution < 1.29 is 14.6 Å². The highest BCUT2D eigenvalue weighted by Gasteiger charge is 2.29. The lowest BCUT2D eigenvalue weighted by Crippen LogP contribution is -2.34. The Morgan fingerprint density at radius 3 is 2.90 bits per heavy atom. The summed E-state index contributed by atoms with van der Waals surface area (Å²) in [6.07, 6.45) is 0.464. The Hall–Kier alpha value is -1.27. The number of nitrogens with zero attached hydrogens (tertiary/aromatic N) is 1. The minimum atomic E-state index is -0.376. The summed E-state index contributed by atoms with van der Waals surface area (Å²) in [6.45, 7) is 3.03. The zero-order valence-electron chi connectivity index (χ0n) is 11.6. The summed E-state index contributed by atoms with van der Waals surface area (Å²) in [6, 6.07) is 5.27. The van der Waals surface area contributed by atoms with Gasteiger partial charge in [-0.3, -0.25) is 0 Å². The number of aliphatic hydroxyl groups excluding tert-OH is 1. The van der Waals surface area contributed by atoms with Crippen LogP contribution in [-0.2, 0) is 0 Å². The Morgan fingerprint density at radius 2 is 2.30 bits per heavy atom. The van der Waals surface area contributed by atoms with E-state index < -0.39 is 0 Å². The van der Waals surface area contributed by atoms with E-state index in [4.69, 9.17) is 4.74 Å². The van der Waals surface area contributed by atoms with E-state index in [2.05, 4.69) is 21.2 Å². The molecule has 1 aliphatic heterocycles. The van der Waals surface area contributed by atoms with Gasteiger partial charge < -0.3 is 20.1 Å². The van der Waals surface area contributed by atoms with Crippen molar-refractivity contribution in [2.75, 3.05) is 25.5 Å². The maximum absolute atomic E-state index is 12.2. The zero-order valence-corrected chi connectivity index (χ0v) is 13.2. The second-order valence-electron chi connectivity index (χ2n) is 5.05. The van der Waals surface area contributed by atoms with E-state index in [0.717, 1.165) is 10.9 Å². The molecule has 0 unspecified atom stereocenters. The van der Waals surface area contributed by atoms with Crippen LogP contribution in [0, 0.1) is 5.92 Å². The van der Waals surface area contributed by atoms with Crippen LogP contribution in [0.25, 0.3) is 0 Å². The number of hydrogen-bond acceptors (Lipinski definition) is 3. The number of benzene rings is 1. The van der Waals surface area contributed by atoms with Gasteiger partial charge in [-0.15, -0.1) is 0 Å². The summed E-state index contributed by atoms with van der Waals surface area (Å²) in [5, 5.41) is 12.4. The number of ether oxygens (including phenoxy) is 1. The number of hydrogen-bond donors (Lipinski definition) is 2. The summed E-state index contributed by atoms with van der Waals surface area (Å²) in [7, 11) is 1.58. The molecule has 5 nitrogen and oxygen atoms in total. The molecule has 1 aliphatic rings. The normalized spacial score (nSPS) is 19.8. The Bertz CT molecular complexity index is 493. The molecule has 0 aliphatic carbocycles. The average molecular weight is 343 g/mol. The predicted octanol–water partition coefficient (Wildman–Crippen LogP) is 2.69. The molecule has 6 heteroatoms. The summed E-state index contributed by atoms with van der Waals surface area (Å²) in [5.41, 5.74) is 0.682. The molecule has 0 bridgehead atoms. The molecule has 2 rings (SSSR count). The quantitative estimate of drug-likeness (QED) is 0.887. The third-order valence-electron chi connectivity index (χ3n) is 3.55. The maximum atomic E-state index is 12.2. The molecule has 2 N–H and O–H groups in total. The number of amides is 2. The van der Waals surface area contributed by atoms with Crippen molar-refractivity contribution in [2.24, 2.45) is 5.92 Å². The largest absolute Gasteiger partial charge is 0.497 e. The van der Waals surface area contributed by atoms with Crippen molar-refractivity contribution in [1.82, 2.24) is 4.90 Å². The van der Waals surface area contributed by atoms with Crippen LogP contribution < -0.4 is 10.1 Å². The Balaban J connectivity index is 2.00. The number of rotatable bonds is 3. The monoisotopic (exact) mass is 342 g/mol. The van der Waals surface area contributed by atoms with Gasteiger partial charge in [-0.25, -0.2) is 4.79 Å². The average Bonchev–Trinajstić information content (AvgIpc) is 2.87. The number of nitrogens with one attached hydrogen (secondary N) is 1. The van der Waals surface area contributed by atoms with Gasteiger partial charge in [0.2, 0.25) is 0 Å². The van der Waals surface area contributed by atoms with E-state index in [1.165, 1.54) is 0 Å². The highest BCUT2D eigenvalue weighted by Crippen LogP contribution is 2.26. The first-order valence-electron chi connectivity index (χ1n) is 6.58. The minimum absolute atomic E-state index is 0.145. The van der Waals surface area contributed by atoms with E-state index >= 15 is 0 Å². The standard InChI is InChI=1S/C14H19BrN2O3/c1-9(18)10-3-4-17(8-10)14(19)16-12-5-11(15)6-13(7-12)20-2/h5-7,9-10,18H,3-4,8H2,1-2H3,(H,16,19)/t9-,10-/m0/s1. The Kier molecular flexibility index (Phi) is 4.88. The van der Waals surface area contributed by atoms with Crippen LogP contribution in [-0.4, -0.2) is 42.3 Å². The molecule has 1 aromatic rings. The maximum Gasteiger partial charge on any atom is 0.321 e. The van der Waals surface area contributed by atoms with Gasteiger partial charge in [0.15, 0.2) is 0 Å². The fourth-order valence-electron chi connectivity index (χ4n) is 2.32. The molecule has 2 amide bonds. The molecule has 110 valence electrons. The van der Waals surface area contributed by atoms with Gasteiger partial charge in [-0.2, -0.15) is 0 Å². The fourth-order valence-corrected chi connectivity index (χ4v) is 2.79. The lowest BCUT2D eigenvalue weighted by atomic mass is 10.0. The molecule has 1 saturated heterocycles. The second-order valence-corrected chi connectivity index (χ2v) is 5.96. The van der Waals surface area contributed by atoms with Crippen molar-refractivity contribution in [3.8, 4) is 5.75 Å². The van der Waals surface area contributed by atoms with E-state index in [-0.39, 0.29) is 18.1 Å². The third-order valence-corrected chi connectivity index (χ3v) is 4.01. The summed E-state index contributed by atoms with van der Waals surface area (Å²) < 4.78 is 6.01. The molecular weight excluding hydrogens is 324 g/mol. The lowest BCUT2D eigenvalue weighted by molar-refractivity contribution is 0.130. The number of likely N-dealkylation sites (tertiary alicyclic amines) is 1. The van der Waals surface area contributed by atoms with Crippen LogP contribution in [0.3, 0.4) is 0 Å². The van der Waals surface area contributed by atoms with Gasteiger partial charge in [-0.1, -0.05) is 15.9 Å². The van der Waals surface area contributed by atoms with Crippen LogP contribution in [0.4, 0.5) is 10.5 Å². The smallest absolute Gasteiger partial charge is 0.321 e. The van der Waals surface area contributed by atoms with E-state index in [1.807, 2.05) is 12.1 Å².